The van der Waals surface area contributed by atoms with E-state index in [2.05, 4.69) is 102 Å². The van der Waals surface area contributed by atoms with Crippen molar-refractivity contribution in [2.45, 2.75) is 79.1 Å². The van der Waals surface area contributed by atoms with Crippen molar-refractivity contribution in [3.05, 3.63) is 96.8 Å². The van der Waals surface area contributed by atoms with Gasteiger partial charge in [0.15, 0.2) is 0 Å². The molecule has 0 nitrogen and oxygen atoms in total. The summed E-state index contributed by atoms with van der Waals surface area (Å²) in [6.07, 6.45) is 9.06. The van der Waals surface area contributed by atoms with E-state index in [9.17, 15) is 0 Å². The molecule has 0 heterocycles. The maximum absolute atomic E-state index is 3.60. The molecule has 0 aromatic heterocycles. The number of aryl methyl sites for hydroxylation is 4. The van der Waals surface area contributed by atoms with Gasteiger partial charge in [-0.3, -0.25) is 0 Å². The molecule has 4 aromatic carbocycles. The molecular weight excluding hydrogens is 476 g/mol. The average Bonchev–Trinajstić information content (AvgIpc) is 3.40. The third-order valence-corrected chi connectivity index (χ3v) is 6.10. The summed E-state index contributed by atoms with van der Waals surface area (Å²) >= 11 is 0. The molecule has 33 heavy (non-hydrogen) atoms. The van der Waals surface area contributed by atoms with Gasteiger partial charge in [-0.25, -0.2) is 0 Å². The molecule has 0 N–H and O–H groups in total. The summed E-state index contributed by atoms with van der Waals surface area (Å²) in [5, 5.41) is 5.69. The Hall–Kier alpha value is -1.46. The zero-order chi connectivity index (χ0) is 23.3. The fourth-order valence-electron chi connectivity index (χ4n) is 4.16. The average molecular weight is 518 g/mol. The van der Waals surface area contributed by atoms with Crippen LogP contribution in [0.3, 0.4) is 0 Å². The molecular formula is C32H42Zr. The summed E-state index contributed by atoms with van der Waals surface area (Å²) < 4.78 is 0. The van der Waals surface area contributed by atoms with E-state index in [0.717, 1.165) is 38.5 Å². The van der Waals surface area contributed by atoms with Crippen LogP contribution in [0, 0.1) is 13.8 Å². The van der Waals surface area contributed by atoms with Crippen LogP contribution in [0.1, 0.15) is 75.6 Å². The van der Waals surface area contributed by atoms with Crippen molar-refractivity contribution in [1.82, 2.24) is 0 Å². The zero-order valence-corrected chi connectivity index (χ0v) is 23.8. The second kappa shape index (κ2) is 16.2. The molecule has 0 radical (unpaired) electrons. The van der Waals surface area contributed by atoms with Crippen molar-refractivity contribution < 1.29 is 26.2 Å². The van der Waals surface area contributed by atoms with Gasteiger partial charge < -0.3 is 13.8 Å². The summed E-state index contributed by atoms with van der Waals surface area (Å²) in [4.78, 5) is 0. The van der Waals surface area contributed by atoms with Crippen LogP contribution in [0.4, 0.5) is 0 Å². The van der Waals surface area contributed by atoms with Gasteiger partial charge in [0.1, 0.15) is 0 Å². The predicted octanol–water partition coefficient (Wildman–Crippen LogP) is 9.58. The zero-order valence-electron chi connectivity index (χ0n) is 21.3. The Morgan fingerprint density at radius 3 is 1.24 bits per heavy atom. The van der Waals surface area contributed by atoms with E-state index in [-0.39, 0.29) is 26.2 Å². The quantitative estimate of drug-likeness (QED) is 0.214. The molecule has 0 atom stereocenters. The van der Waals surface area contributed by atoms with Crippen LogP contribution >= 0.6 is 0 Å². The number of hydrogen-bond acceptors (Lipinski definition) is 0. The summed E-state index contributed by atoms with van der Waals surface area (Å²) in [5.74, 6) is 0. The minimum absolute atomic E-state index is 0. The second-order valence-corrected chi connectivity index (χ2v) is 8.38. The Bertz CT molecular complexity index is 957. The van der Waals surface area contributed by atoms with Crippen molar-refractivity contribution in [3.8, 4) is 0 Å². The third kappa shape index (κ3) is 8.07. The number of rotatable bonds is 7. The van der Waals surface area contributed by atoms with Crippen molar-refractivity contribution >= 4 is 21.5 Å². The predicted molar refractivity (Wildman–Crippen MR) is 146 cm³/mol. The monoisotopic (exact) mass is 516 g/mol. The topological polar surface area (TPSA) is 0 Å². The van der Waals surface area contributed by atoms with Crippen LogP contribution in [0.15, 0.2) is 60.7 Å². The fraction of sp³-hybridized carbons (Fsp3) is 0.375. The molecule has 0 spiro atoms. The smallest absolute Gasteiger partial charge is 0.343 e. The Morgan fingerprint density at radius 1 is 0.606 bits per heavy atom. The maximum atomic E-state index is 3.60. The molecule has 0 saturated heterocycles. The molecule has 0 aliphatic carbocycles. The van der Waals surface area contributed by atoms with Crippen molar-refractivity contribution in [1.29, 1.82) is 0 Å². The molecule has 0 amide bonds. The van der Waals surface area contributed by atoms with Crippen LogP contribution in [0.2, 0.25) is 0 Å². The minimum Gasteiger partial charge on any atom is -0.343 e. The standard InChI is InChI=1S/C24H24.2C4H9.Zr/c1-3-17-15-19-9-5-7-11-21(19)23(17)13-14-24-18(4-2)16-20-10-6-8-12-22(20)24;2*1-3-4-2;/h5-12,15-16H,3-4,13-14H2,1-2H3;2*1,3-4H2,2H3;/q-2;2*-1;+4. The summed E-state index contributed by atoms with van der Waals surface area (Å²) in [7, 11) is 0. The molecule has 0 aliphatic rings. The first kappa shape index (κ1) is 29.6. The van der Waals surface area contributed by atoms with E-state index in [1.54, 1.807) is 11.1 Å². The van der Waals surface area contributed by atoms with Gasteiger partial charge >= 0.3 is 26.2 Å². The van der Waals surface area contributed by atoms with Crippen LogP contribution in [-0.4, -0.2) is 0 Å². The van der Waals surface area contributed by atoms with Crippen LogP contribution in [0.25, 0.3) is 21.5 Å². The molecule has 0 fully saturated rings. The summed E-state index contributed by atoms with van der Waals surface area (Å²) in [5.41, 5.74) is 6.15. The number of fused-ring (bicyclic) bond motifs is 2. The van der Waals surface area contributed by atoms with Gasteiger partial charge in [-0.05, 0) is 12.8 Å². The normalized spacial score (nSPS) is 10.2. The molecule has 1 heteroatoms. The van der Waals surface area contributed by atoms with E-state index in [1.165, 1.54) is 45.5 Å². The molecule has 4 rings (SSSR count). The van der Waals surface area contributed by atoms with Crippen LogP contribution < -0.4 is 0 Å². The second-order valence-electron chi connectivity index (χ2n) is 8.38. The minimum atomic E-state index is 0. The van der Waals surface area contributed by atoms with E-state index < -0.39 is 0 Å². The number of unbranched alkanes of at least 4 members (excludes halogenated alkanes) is 2. The van der Waals surface area contributed by atoms with Gasteiger partial charge in [0, 0.05) is 0 Å². The van der Waals surface area contributed by atoms with Gasteiger partial charge in [0.2, 0.25) is 0 Å². The first-order chi connectivity index (χ1) is 15.6. The number of benzene rings is 2. The summed E-state index contributed by atoms with van der Waals surface area (Å²) in [6, 6.07) is 22.4. The van der Waals surface area contributed by atoms with Crippen LogP contribution in [0.5, 0.6) is 0 Å². The Labute approximate surface area is 222 Å². The van der Waals surface area contributed by atoms with Crippen LogP contribution in [-0.2, 0) is 51.9 Å². The van der Waals surface area contributed by atoms with Gasteiger partial charge in [-0.2, -0.15) is 24.0 Å². The van der Waals surface area contributed by atoms with Gasteiger partial charge in [0.25, 0.3) is 0 Å². The van der Waals surface area contributed by atoms with Crippen molar-refractivity contribution in [3.63, 3.8) is 0 Å². The Kier molecular flexibility index (Phi) is 14.5. The van der Waals surface area contributed by atoms with Crippen molar-refractivity contribution in [2.75, 3.05) is 0 Å². The Balaban J connectivity index is 0.000000529. The summed E-state index contributed by atoms with van der Waals surface area (Å²) in [6.45, 7) is 16.0. The molecule has 0 saturated carbocycles. The van der Waals surface area contributed by atoms with E-state index in [1.807, 2.05) is 0 Å². The molecule has 0 bridgehead atoms. The van der Waals surface area contributed by atoms with Gasteiger partial charge in [0.05, 0.1) is 0 Å². The fourth-order valence-corrected chi connectivity index (χ4v) is 4.16. The van der Waals surface area contributed by atoms with E-state index >= 15 is 0 Å². The van der Waals surface area contributed by atoms with Crippen molar-refractivity contribution in [2.24, 2.45) is 0 Å². The molecule has 0 unspecified atom stereocenters. The largest absolute Gasteiger partial charge is 4.00 e. The van der Waals surface area contributed by atoms with E-state index in [4.69, 9.17) is 0 Å². The third-order valence-electron chi connectivity index (χ3n) is 6.10. The van der Waals surface area contributed by atoms with Gasteiger partial charge in [-0.1, -0.05) is 65.5 Å². The SMILES string of the molecule is CCc1[cH-]c2ccccc2c1CCc1c(CC)[cH-]c2ccccc12.[CH2-]CCC.[CH2-]CCC.[Zr+4]. The first-order valence-electron chi connectivity index (χ1n) is 12.6. The van der Waals surface area contributed by atoms with Gasteiger partial charge in [-0.15, -0.1) is 81.2 Å². The molecule has 0 aliphatic heterocycles. The molecule has 174 valence electrons. The first-order valence-corrected chi connectivity index (χ1v) is 12.6. The van der Waals surface area contributed by atoms with E-state index in [0.29, 0.717) is 0 Å². The Morgan fingerprint density at radius 2 is 0.939 bits per heavy atom. The maximum Gasteiger partial charge on any atom is 4.00 e. The number of hydrogen-bond donors (Lipinski definition) is 0. The molecule has 4 aromatic rings.